The lowest BCUT2D eigenvalue weighted by molar-refractivity contribution is 0.587. The molecule has 0 aliphatic heterocycles. The van der Waals surface area contributed by atoms with Crippen LogP contribution in [0.3, 0.4) is 0 Å². The standard InChI is InChI=1S/C11H9NO/c1-12-10-5-3-2-4-8(10)9-6-7-13-11(9)12/h2-7H,1H3. The van der Waals surface area contributed by atoms with Crippen molar-refractivity contribution >= 4 is 22.0 Å². The molecule has 0 saturated heterocycles. The van der Waals surface area contributed by atoms with E-state index in [0.717, 1.165) is 5.71 Å². The van der Waals surface area contributed by atoms with E-state index in [-0.39, 0.29) is 0 Å². The first-order valence-corrected chi connectivity index (χ1v) is 4.28. The number of fused-ring (bicyclic) bond motifs is 3. The lowest BCUT2D eigenvalue weighted by Crippen LogP contribution is -1.83. The van der Waals surface area contributed by atoms with Crippen LogP contribution in [0, 0.1) is 0 Å². The van der Waals surface area contributed by atoms with Gasteiger partial charge in [-0.1, -0.05) is 18.2 Å². The quantitative estimate of drug-likeness (QED) is 0.508. The van der Waals surface area contributed by atoms with E-state index in [1.807, 2.05) is 19.2 Å². The van der Waals surface area contributed by atoms with Gasteiger partial charge in [0.15, 0.2) is 0 Å². The third kappa shape index (κ3) is 0.724. The maximum Gasteiger partial charge on any atom is 0.207 e. The van der Waals surface area contributed by atoms with Crippen molar-refractivity contribution in [1.82, 2.24) is 4.57 Å². The van der Waals surface area contributed by atoms with E-state index in [1.54, 1.807) is 6.26 Å². The highest BCUT2D eigenvalue weighted by Gasteiger charge is 2.08. The molecule has 2 aromatic heterocycles. The molecule has 3 aromatic rings. The van der Waals surface area contributed by atoms with Crippen LogP contribution >= 0.6 is 0 Å². The Bertz CT molecular complexity index is 574. The highest BCUT2D eigenvalue weighted by Crippen LogP contribution is 2.27. The fraction of sp³-hybridized carbons (Fsp3) is 0.0909. The first-order chi connectivity index (χ1) is 6.38. The van der Waals surface area contributed by atoms with Gasteiger partial charge < -0.3 is 8.98 Å². The number of aryl methyl sites for hydroxylation is 1. The van der Waals surface area contributed by atoms with Gasteiger partial charge in [0, 0.05) is 17.8 Å². The second-order valence-electron chi connectivity index (χ2n) is 3.22. The van der Waals surface area contributed by atoms with Gasteiger partial charge in [-0.05, 0) is 12.1 Å². The van der Waals surface area contributed by atoms with E-state index in [1.165, 1.54) is 16.3 Å². The summed E-state index contributed by atoms with van der Waals surface area (Å²) in [6.45, 7) is 0. The first kappa shape index (κ1) is 6.78. The zero-order valence-electron chi connectivity index (χ0n) is 7.32. The van der Waals surface area contributed by atoms with Crippen molar-refractivity contribution in [2.24, 2.45) is 7.05 Å². The van der Waals surface area contributed by atoms with E-state index in [0.29, 0.717) is 0 Å². The van der Waals surface area contributed by atoms with Crippen molar-refractivity contribution in [2.75, 3.05) is 0 Å². The van der Waals surface area contributed by atoms with E-state index in [2.05, 4.69) is 22.8 Å². The molecule has 0 bridgehead atoms. The average molecular weight is 171 g/mol. The fourth-order valence-corrected chi connectivity index (χ4v) is 1.87. The van der Waals surface area contributed by atoms with Gasteiger partial charge in [-0.3, -0.25) is 0 Å². The van der Waals surface area contributed by atoms with E-state index in [4.69, 9.17) is 4.42 Å². The molecule has 0 saturated carbocycles. The second-order valence-corrected chi connectivity index (χ2v) is 3.22. The van der Waals surface area contributed by atoms with Gasteiger partial charge in [0.2, 0.25) is 5.71 Å². The normalized spacial score (nSPS) is 11.5. The van der Waals surface area contributed by atoms with Crippen molar-refractivity contribution < 1.29 is 4.42 Å². The monoisotopic (exact) mass is 171 g/mol. The summed E-state index contributed by atoms with van der Waals surface area (Å²) in [6, 6.07) is 10.3. The third-order valence-electron chi connectivity index (χ3n) is 2.50. The Kier molecular flexibility index (Phi) is 1.13. The predicted molar refractivity (Wildman–Crippen MR) is 52.7 cm³/mol. The Labute approximate surface area is 75.4 Å². The Morgan fingerprint density at radius 1 is 1.08 bits per heavy atom. The number of hydrogen-bond donors (Lipinski definition) is 0. The molecule has 64 valence electrons. The first-order valence-electron chi connectivity index (χ1n) is 4.28. The SMILES string of the molecule is Cn1c2ccccc2c2ccoc21. The van der Waals surface area contributed by atoms with Gasteiger partial charge in [-0.25, -0.2) is 0 Å². The molecule has 3 rings (SSSR count). The molecule has 13 heavy (non-hydrogen) atoms. The van der Waals surface area contributed by atoms with Crippen molar-refractivity contribution in [3.8, 4) is 0 Å². The van der Waals surface area contributed by atoms with Crippen LogP contribution in [0.25, 0.3) is 22.0 Å². The minimum absolute atomic E-state index is 0.946. The number of rotatable bonds is 0. The summed E-state index contributed by atoms with van der Waals surface area (Å²) in [5.41, 5.74) is 2.16. The smallest absolute Gasteiger partial charge is 0.207 e. The van der Waals surface area contributed by atoms with Gasteiger partial charge in [-0.2, -0.15) is 0 Å². The number of para-hydroxylation sites is 1. The molecule has 2 heterocycles. The van der Waals surface area contributed by atoms with E-state index in [9.17, 15) is 0 Å². The summed E-state index contributed by atoms with van der Waals surface area (Å²) in [5, 5.41) is 2.45. The zero-order valence-corrected chi connectivity index (χ0v) is 7.32. The second kappa shape index (κ2) is 2.16. The molecular formula is C11H9NO. The van der Waals surface area contributed by atoms with Crippen LogP contribution in [-0.4, -0.2) is 4.57 Å². The largest absolute Gasteiger partial charge is 0.448 e. The van der Waals surface area contributed by atoms with Crippen LogP contribution in [0.4, 0.5) is 0 Å². The van der Waals surface area contributed by atoms with Crippen molar-refractivity contribution in [1.29, 1.82) is 0 Å². The molecule has 0 radical (unpaired) electrons. The van der Waals surface area contributed by atoms with Crippen LogP contribution in [0.15, 0.2) is 41.0 Å². The number of nitrogens with zero attached hydrogens (tertiary/aromatic N) is 1. The van der Waals surface area contributed by atoms with E-state index < -0.39 is 0 Å². The maximum absolute atomic E-state index is 5.40. The van der Waals surface area contributed by atoms with Gasteiger partial charge in [0.25, 0.3) is 0 Å². The van der Waals surface area contributed by atoms with Crippen LogP contribution in [0.1, 0.15) is 0 Å². The van der Waals surface area contributed by atoms with Gasteiger partial charge in [-0.15, -0.1) is 0 Å². The zero-order chi connectivity index (χ0) is 8.84. The molecule has 0 atom stereocenters. The molecule has 0 amide bonds. The molecule has 1 aromatic carbocycles. The number of benzene rings is 1. The maximum atomic E-state index is 5.40. The Balaban J connectivity index is 2.72. The average Bonchev–Trinajstić information content (AvgIpc) is 2.72. The Morgan fingerprint density at radius 3 is 2.85 bits per heavy atom. The highest BCUT2D eigenvalue weighted by molar-refractivity contribution is 6.05. The molecular weight excluding hydrogens is 162 g/mol. The fourth-order valence-electron chi connectivity index (χ4n) is 1.87. The highest BCUT2D eigenvalue weighted by atomic mass is 16.3. The van der Waals surface area contributed by atoms with Gasteiger partial charge in [0.05, 0.1) is 11.8 Å². The predicted octanol–water partition coefficient (Wildman–Crippen LogP) is 2.92. The van der Waals surface area contributed by atoms with Gasteiger partial charge in [0.1, 0.15) is 0 Å². The molecule has 0 aliphatic carbocycles. The lowest BCUT2D eigenvalue weighted by atomic mass is 10.2. The third-order valence-corrected chi connectivity index (χ3v) is 2.50. The van der Waals surface area contributed by atoms with Crippen molar-refractivity contribution in [2.45, 2.75) is 0 Å². The number of hydrogen-bond acceptors (Lipinski definition) is 1. The summed E-state index contributed by atoms with van der Waals surface area (Å²) in [6.07, 6.45) is 1.73. The van der Waals surface area contributed by atoms with Crippen molar-refractivity contribution in [3.63, 3.8) is 0 Å². The molecule has 2 nitrogen and oxygen atoms in total. The summed E-state index contributed by atoms with van der Waals surface area (Å²) in [5.74, 6) is 0. The summed E-state index contributed by atoms with van der Waals surface area (Å²) in [7, 11) is 2.02. The van der Waals surface area contributed by atoms with Crippen molar-refractivity contribution in [3.05, 3.63) is 36.6 Å². The minimum atomic E-state index is 0.946. The number of furan rings is 1. The molecule has 0 unspecified atom stereocenters. The molecule has 0 fully saturated rings. The van der Waals surface area contributed by atoms with Gasteiger partial charge >= 0.3 is 0 Å². The topological polar surface area (TPSA) is 18.1 Å². The van der Waals surface area contributed by atoms with Crippen LogP contribution in [0.2, 0.25) is 0 Å². The minimum Gasteiger partial charge on any atom is -0.448 e. The Hall–Kier alpha value is -1.70. The Morgan fingerprint density at radius 2 is 1.92 bits per heavy atom. The number of aromatic nitrogens is 1. The molecule has 0 spiro atoms. The van der Waals surface area contributed by atoms with Crippen LogP contribution < -0.4 is 0 Å². The summed E-state index contributed by atoms with van der Waals surface area (Å²) >= 11 is 0. The molecule has 0 aliphatic rings. The molecule has 2 heteroatoms. The summed E-state index contributed by atoms with van der Waals surface area (Å²) in [4.78, 5) is 0. The summed E-state index contributed by atoms with van der Waals surface area (Å²) < 4.78 is 7.47. The lowest BCUT2D eigenvalue weighted by Gasteiger charge is -1.93. The van der Waals surface area contributed by atoms with E-state index >= 15 is 0 Å². The molecule has 0 N–H and O–H groups in total. The van der Waals surface area contributed by atoms with Crippen LogP contribution in [0.5, 0.6) is 0 Å². The van der Waals surface area contributed by atoms with Crippen LogP contribution in [-0.2, 0) is 7.05 Å².